The fourth-order valence-electron chi connectivity index (χ4n) is 3.66. The molecule has 1 amide bonds. The van der Waals surface area contributed by atoms with Gasteiger partial charge in [-0.3, -0.25) is 9.78 Å². The number of aromatic nitrogens is 5. The molecule has 0 aromatic carbocycles. The highest BCUT2D eigenvalue weighted by atomic mass is 19.1. The van der Waals surface area contributed by atoms with Crippen molar-refractivity contribution in [3.8, 4) is 5.69 Å². The van der Waals surface area contributed by atoms with Crippen molar-refractivity contribution in [3.05, 3.63) is 47.8 Å². The summed E-state index contributed by atoms with van der Waals surface area (Å²) in [5, 5.41) is 14.3. The second-order valence-corrected chi connectivity index (χ2v) is 7.55. The second kappa shape index (κ2) is 8.64. The molecule has 0 radical (unpaired) electrons. The number of nitrogens with one attached hydrogen (secondary N) is 2. The van der Waals surface area contributed by atoms with Gasteiger partial charge in [-0.15, -0.1) is 4.80 Å². The van der Waals surface area contributed by atoms with Gasteiger partial charge in [0.2, 0.25) is 0 Å². The van der Waals surface area contributed by atoms with Gasteiger partial charge in [0.25, 0.3) is 5.91 Å². The minimum Gasteiger partial charge on any atom is -0.365 e. The lowest BCUT2D eigenvalue weighted by Gasteiger charge is -2.30. The molecule has 6 N–H and O–H groups in total. The first-order chi connectivity index (χ1) is 14.9. The standard InChI is InChI=1S/C20H24FN9O/c1-11-17(30-25-6-7-26-30)8-12(10-24-11)27-19-13(18(23)31)9-14(21)20(29-19)28-16-5-3-2-4-15(16)22/h6-10,15-16H,2-5,22H2,1H3,(H2,23,31)(H2,27,28,29). The first-order valence-electron chi connectivity index (χ1n) is 10.0. The number of rotatable bonds is 6. The van der Waals surface area contributed by atoms with Gasteiger partial charge in [-0.1, -0.05) is 12.8 Å². The highest BCUT2D eigenvalue weighted by molar-refractivity contribution is 5.98. The van der Waals surface area contributed by atoms with E-state index < -0.39 is 11.7 Å². The van der Waals surface area contributed by atoms with Crippen LogP contribution in [0.5, 0.6) is 0 Å². The molecule has 10 nitrogen and oxygen atoms in total. The second-order valence-electron chi connectivity index (χ2n) is 7.55. The summed E-state index contributed by atoms with van der Waals surface area (Å²) in [7, 11) is 0. The summed E-state index contributed by atoms with van der Waals surface area (Å²) < 4.78 is 14.7. The number of carbonyl (C=O) groups excluding carboxylic acids is 1. The van der Waals surface area contributed by atoms with E-state index >= 15 is 0 Å². The molecular formula is C20H24FN9O. The third kappa shape index (κ3) is 4.45. The van der Waals surface area contributed by atoms with Crippen molar-refractivity contribution < 1.29 is 9.18 Å². The van der Waals surface area contributed by atoms with Crippen LogP contribution in [0, 0.1) is 12.7 Å². The van der Waals surface area contributed by atoms with Gasteiger partial charge in [-0.05, 0) is 31.9 Å². The number of primary amides is 1. The molecule has 11 heteroatoms. The molecule has 0 spiro atoms. The topological polar surface area (TPSA) is 150 Å². The van der Waals surface area contributed by atoms with E-state index in [0.29, 0.717) is 17.1 Å². The van der Waals surface area contributed by atoms with Crippen molar-refractivity contribution in [1.82, 2.24) is 25.0 Å². The van der Waals surface area contributed by atoms with Crippen molar-refractivity contribution in [2.24, 2.45) is 11.5 Å². The van der Waals surface area contributed by atoms with Crippen molar-refractivity contribution in [1.29, 1.82) is 0 Å². The summed E-state index contributed by atoms with van der Waals surface area (Å²) in [5.41, 5.74) is 13.4. The Morgan fingerprint density at radius 2 is 1.94 bits per heavy atom. The molecule has 2 unspecified atom stereocenters. The van der Waals surface area contributed by atoms with Crippen molar-refractivity contribution >= 4 is 23.2 Å². The summed E-state index contributed by atoms with van der Waals surface area (Å²) >= 11 is 0. The monoisotopic (exact) mass is 425 g/mol. The predicted octanol–water partition coefficient (Wildman–Crippen LogP) is 2.03. The number of pyridine rings is 2. The average Bonchev–Trinajstić information content (AvgIpc) is 3.27. The van der Waals surface area contributed by atoms with Gasteiger partial charge in [0, 0.05) is 12.1 Å². The lowest BCUT2D eigenvalue weighted by Crippen LogP contribution is -2.43. The smallest absolute Gasteiger partial charge is 0.252 e. The van der Waals surface area contributed by atoms with E-state index in [1.807, 2.05) is 6.92 Å². The maximum atomic E-state index is 14.7. The van der Waals surface area contributed by atoms with Crippen molar-refractivity contribution in [2.45, 2.75) is 44.7 Å². The van der Waals surface area contributed by atoms with Crippen LogP contribution < -0.4 is 22.1 Å². The Labute approximate surface area is 178 Å². The molecule has 3 aromatic rings. The highest BCUT2D eigenvalue weighted by Crippen LogP contribution is 2.27. The summed E-state index contributed by atoms with van der Waals surface area (Å²) in [4.78, 5) is 22.0. The van der Waals surface area contributed by atoms with Crippen LogP contribution in [0.3, 0.4) is 0 Å². The van der Waals surface area contributed by atoms with Crippen LogP contribution in [0.25, 0.3) is 5.69 Å². The molecule has 2 atom stereocenters. The first-order valence-corrected chi connectivity index (χ1v) is 10.0. The van der Waals surface area contributed by atoms with Crippen LogP contribution in [0.4, 0.5) is 21.7 Å². The zero-order chi connectivity index (χ0) is 22.0. The largest absolute Gasteiger partial charge is 0.365 e. The Kier molecular flexibility index (Phi) is 5.76. The van der Waals surface area contributed by atoms with Crippen molar-refractivity contribution in [2.75, 3.05) is 10.6 Å². The van der Waals surface area contributed by atoms with Crippen LogP contribution in [0.15, 0.2) is 30.7 Å². The van der Waals surface area contributed by atoms with E-state index in [4.69, 9.17) is 11.5 Å². The fraction of sp³-hybridized carbons (Fsp3) is 0.350. The number of amides is 1. The molecule has 1 aliphatic rings. The highest BCUT2D eigenvalue weighted by Gasteiger charge is 2.24. The van der Waals surface area contributed by atoms with Gasteiger partial charge in [0.05, 0.1) is 35.5 Å². The van der Waals surface area contributed by atoms with Crippen LogP contribution in [-0.4, -0.2) is 43.0 Å². The molecule has 4 rings (SSSR count). The Morgan fingerprint density at radius 3 is 2.65 bits per heavy atom. The first kappa shape index (κ1) is 20.7. The van der Waals surface area contributed by atoms with E-state index in [2.05, 4.69) is 30.8 Å². The van der Waals surface area contributed by atoms with Gasteiger partial charge < -0.3 is 22.1 Å². The number of nitrogens with zero attached hydrogens (tertiary/aromatic N) is 5. The number of hydrogen-bond donors (Lipinski definition) is 4. The normalized spacial score (nSPS) is 18.5. The quantitative estimate of drug-likeness (QED) is 0.468. The molecule has 3 aromatic heterocycles. The molecule has 1 saturated carbocycles. The number of halogens is 1. The van der Waals surface area contributed by atoms with E-state index in [1.165, 1.54) is 4.80 Å². The Morgan fingerprint density at radius 1 is 1.19 bits per heavy atom. The Bertz CT molecular complexity index is 1090. The van der Waals surface area contributed by atoms with Crippen LogP contribution in [0.1, 0.15) is 41.7 Å². The zero-order valence-corrected chi connectivity index (χ0v) is 17.0. The van der Waals surface area contributed by atoms with E-state index in [0.717, 1.165) is 31.7 Å². The molecule has 0 aliphatic heterocycles. The van der Waals surface area contributed by atoms with Crippen molar-refractivity contribution in [3.63, 3.8) is 0 Å². The summed E-state index contributed by atoms with van der Waals surface area (Å²) in [5.74, 6) is -1.33. The summed E-state index contributed by atoms with van der Waals surface area (Å²) in [6.45, 7) is 1.82. The number of carbonyl (C=O) groups is 1. The molecular weight excluding hydrogens is 401 g/mol. The lowest BCUT2D eigenvalue weighted by molar-refractivity contribution is 0.100. The van der Waals surface area contributed by atoms with E-state index in [9.17, 15) is 9.18 Å². The van der Waals surface area contributed by atoms with Gasteiger partial charge in [0.1, 0.15) is 11.5 Å². The van der Waals surface area contributed by atoms with Crippen LogP contribution in [-0.2, 0) is 0 Å². The molecule has 1 fully saturated rings. The number of hydrogen-bond acceptors (Lipinski definition) is 8. The van der Waals surface area contributed by atoms with Gasteiger partial charge >= 0.3 is 0 Å². The van der Waals surface area contributed by atoms with E-state index in [-0.39, 0.29) is 29.3 Å². The maximum absolute atomic E-state index is 14.7. The van der Waals surface area contributed by atoms with Gasteiger partial charge in [-0.2, -0.15) is 10.2 Å². The van der Waals surface area contributed by atoms with E-state index in [1.54, 1.807) is 24.7 Å². The predicted molar refractivity (Wildman–Crippen MR) is 114 cm³/mol. The minimum atomic E-state index is -0.802. The van der Waals surface area contributed by atoms with Crippen LogP contribution in [0.2, 0.25) is 0 Å². The summed E-state index contributed by atoms with van der Waals surface area (Å²) in [6, 6.07) is 2.64. The third-order valence-electron chi connectivity index (χ3n) is 5.34. The number of anilines is 3. The average molecular weight is 425 g/mol. The summed E-state index contributed by atoms with van der Waals surface area (Å²) in [6.07, 6.45) is 8.43. The van der Waals surface area contributed by atoms with Gasteiger partial charge in [0.15, 0.2) is 11.6 Å². The molecule has 0 saturated heterocycles. The molecule has 162 valence electrons. The Hall–Kier alpha value is -3.60. The SMILES string of the molecule is Cc1ncc(Nc2nc(NC3CCCCC3N)c(F)cc2C(N)=O)cc1-n1nccn1. The number of aryl methyl sites for hydroxylation is 1. The molecule has 3 heterocycles. The molecule has 1 aliphatic carbocycles. The number of nitrogens with two attached hydrogens (primary N) is 2. The third-order valence-corrected chi connectivity index (χ3v) is 5.34. The lowest BCUT2D eigenvalue weighted by atomic mass is 9.91. The molecule has 0 bridgehead atoms. The zero-order valence-electron chi connectivity index (χ0n) is 17.0. The molecule has 31 heavy (non-hydrogen) atoms. The minimum absolute atomic E-state index is 0.0175. The fourth-order valence-corrected chi connectivity index (χ4v) is 3.66. The van der Waals surface area contributed by atoms with Gasteiger partial charge in [-0.25, -0.2) is 9.37 Å². The van der Waals surface area contributed by atoms with Crippen LogP contribution >= 0.6 is 0 Å². The maximum Gasteiger partial charge on any atom is 0.252 e. The Balaban J connectivity index is 1.67.